The van der Waals surface area contributed by atoms with Gasteiger partial charge in [-0.05, 0) is 72.8 Å². The molecule has 1 amide bonds. The third-order valence-electron chi connectivity index (χ3n) is 5.83. The average molecular weight is 555 g/mol. The van der Waals surface area contributed by atoms with E-state index < -0.39 is 10.0 Å². The minimum atomic E-state index is -3.85. The molecule has 2 aromatic carbocycles. The standard InChI is InChI=1S/C26H27BrN4O3S/c1-18-5-11-22(12-6-18)35(33,34)31-17-24(23-15-21(27)16-28-25(23)31)19-7-9-20(10-8-19)26(32)30(4)14-13-29(2)3/h5-12,15-17H,13-14H2,1-4H3. The highest BCUT2D eigenvalue weighted by atomic mass is 79.9. The van der Waals surface area contributed by atoms with Crippen LogP contribution in [0.15, 0.2) is 76.4 Å². The Morgan fingerprint density at radius 3 is 2.29 bits per heavy atom. The number of rotatable bonds is 7. The van der Waals surface area contributed by atoms with Crippen LogP contribution in [0.3, 0.4) is 0 Å². The van der Waals surface area contributed by atoms with Crippen molar-refractivity contribution in [2.45, 2.75) is 11.8 Å². The molecule has 35 heavy (non-hydrogen) atoms. The Kier molecular flexibility index (Phi) is 7.12. The largest absolute Gasteiger partial charge is 0.340 e. The van der Waals surface area contributed by atoms with Crippen LogP contribution in [-0.2, 0) is 10.0 Å². The Morgan fingerprint density at radius 2 is 1.66 bits per heavy atom. The molecule has 7 nitrogen and oxygen atoms in total. The van der Waals surface area contributed by atoms with Crippen molar-refractivity contribution in [2.24, 2.45) is 0 Å². The van der Waals surface area contributed by atoms with Gasteiger partial charge < -0.3 is 9.80 Å². The molecular formula is C26H27BrN4O3S. The van der Waals surface area contributed by atoms with E-state index in [4.69, 9.17) is 0 Å². The van der Waals surface area contributed by atoms with E-state index in [9.17, 15) is 13.2 Å². The van der Waals surface area contributed by atoms with Crippen LogP contribution in [0.25, 0.3) is 22.2 Å². The summed E-state index contributed by atoms with van der Waals surface area (Å²) in [5, 5.41) is 0.692. The van der Waals surface area contributed by atoms with E-state index in [-0.39, 0.29) is 10.8 Å². The van der Waals surface area contributed by atoms with E-state index >= 15 is 0 Å². The third kappa shape index (κ3) is 5.17. The first kappa shape index (κ1) is 25.1. The van der Waals surface area contributed by atoms with E-state index in [1.54, 1.807) is 60.7 Å². The average Bonchev–Trinajstić information content (AvgIpc) is 3.22. The van der Waals surface area contributed by atoms with Gasteiger partial charge in [0.15, 0.2) is 5.65 Å². The summed E-state index contributed by atoms with van der Waals surface area (Å²) < 4.78 is 28.9. The van der Waals surface area contributed by atoms with Gasteiger partial charge in [-0.3, -0.25) is 4.79 Å². The number of nitrogens with zero attached hydrogens (tertiary/aromatic N) is 4. The van der Waals surface area contributed by atoms with Crippen LogP contribution in [0.2, 0.25) is 0 Å². The summed E-state index contributed by atoms with van der Waals surface area (Å²) in [5.41, 5.74) is 3.40. The highest BCUT2D eigenvalue weighted by Crippen LogP contribution is 2.34. The number of carbonyl (C=O) groups is 1. The SMILES string of the molecule is Cc1ccc(S(=O)(=O)n2cc(-c3ccc(C(=O)N(C)CCN(C)C)cc3)c3cc(Br)cnc32)cc1. The number of amides is 1. The Bertz CT molecular complexity index is 1480. The number of carbonyl (C=O) groups excluding carboxylic acids is 1. The molecule has 2 aromatic heterocycles. The van der Waals surface area contributed by atoms with Gasteiger partial charge in [0.25, 0.3) is 15.9 Å². The van der Waals surface area contributed by atoms with Gasteiger partial charge in [-0.15, -0.1) is 0 Å². The lowest BCUT2D eigenvalue weighted by Gasteiger charge is -2.19. The van der Waals surface area contributed by atoms with E-state index in [1.807, 2.05) is 44.1 Å². The maximum absolute atomic E-state index is 13.5. The fourth-order valence-electron chi connectivity index (χ4n) is 3.76. The number of aryl methyl sites for hydroxylation is 1. The number of hydrogen-bond acceptors (Lipinski definition) is 5. The van der Waals surface area contributed by atoms with Gasteiger partial charge in [0.1, 0.15) is 0 Å². The normalized spacial score (nSPS) is 11.8. The van der Waals surface area contributed by atoms with E-state index in [0.29, 0.717) is 28.7 Å². The summed E-state index contributed by atoms with van der Waals surface area (Å²) in [7, 11) is 1.87. The molecule has 0 saturated carbocycles. The molecule has 0 bridgehead atoms. The quantitative estimate of drug-likeness (QED) is 0.332. The van der Waals surface area contributed by atoms with Gasteiger partial charge in [0.05, 0.1) is 4.90 Å². The molecule has 0 unspecified atom stereocenters. The highest BCUT2D eigenvalue weighted by Gasteiger charge is 2.23. The molecule has 2 heterocycles. The van der Waals surface area contributed by atoms with Crippen LogP contribution in [0.4, 0.5) is 0 Å². The van der Waals surface area contributed by atoms with E-state index in [1.165, 1.54) is 3.97 Å². The van der Waals surface area contributed by atoms with Crippen LogP contribution >= 0.6 is 15.9 Å². The van der Waals surface area contributed by atoms with Crippen molar-refractivity contribution in [1.82, 2.24) is 18.8 Å². The molecule has 4 rings (SSSR count). The molecule has 0 radical (unpaired) electrons. The van der Waals surface area contributed by atoms with Crippen molar-refractivity contribution in [3.8, 4) is 11.1 Å². The van der Waals surface area contributed by atoms with Crippen molar-refractivity contribution in [3.63, 3.8) is 0 Å². The fraction of sp³-hybridized carbons (Fsp3) is 0.231. The monoisotopic (exact) mass is 554 g/mol. The van der Waals surface area contributed by atoms with Gasteiger partial charge >= 0.3 is 0 Å². The zero-order valence-electron chi connectivity index (χ0n) is 20.1. The third-order valence-corrected chi connectivity index (χ3v) is 7.93. The summed E-state index contributed by atoms with van der Waals surface area (Å²) in [6, 6.07) is 15.8. The summed E-state index contributed by atoms with van der Waals surface area (Å²) in [5.74, 6) is -0.0628. The molecule has 9 heteroatoms. The van der Waals surface area contributed by atoms with Gasteiger partial charge in [-0.25, -0.2) is 17.4 Å². The maximum Gasteiger partial charge on any atom is 0.269 e. The zero-order valence-corrected chi connectivity index (χ0v) is 22.5. The van der Waals surface area contributed by atoms with Crippen molar-refractivity contribution in [2.75, 3.05) is 34.2 Å². The number of fused-ring (bicyclic) bond motifs is 1. The van der Waals surface area contributed by atoms with Crippen molar-refractivity contribution < 1.29 is 13.2 Å². The first-order valence-corrected chi connectivity index (χ1v) is 13.3. The first-order chi connectivity index (χ1) is 16.6. The number of aromatic nitrogens is 2. The predicted octanol–water partition coefficient (Wildman–Crippen LogP) is 4.64. The fourth-order valence-corrected chi connectivity index (χ4v) is 5.41. The second-order valence-corrected chi connectivity index (χ2v) is 11.5. The minimum absolute atomic E-state index is 0.0628. The number of likely N-dealkylation sites (N-methyl/N-ethyl adjacent to an activating group) is 2. The summed E-state index contributed by atoms with van der Waals surface area (Å²) in [6.07, 6.45) is 3.18. The zero-order chi connectivity index (χ0) is 25.3. The van der Waals surface area contributed by atoms with Gasteiger partial charge in [-0.2, -0.15) is 0 Å². The second-order valence-electron chi connectivity index (χ2n) is 8.79. The number of pyridine rings is 1. The molecule has 0 aliphatic carbocycles. The second kappa shape index (κ2) is 9.93. The summed E-state index contributed by atoms with van der Waals surface area (Å²) >= 11 is 3.45. The van der Waals surface area contributed by atoms with Crippen LogP contribution in [0.1, 0.15) is 15.9 Å². The van der Waals surface area contributed by atoms with Gasteiger partial charge in [-0.1, -0.05) is 29.8 Å². The predicted molar refractivity (Wildman–Crippen MR) is 142 cm³/mol. The van der Waals surface area contributed by atoms with Crippen LogP contribution in [-0.4, -0.2) is 67.3 Å². The number of hydrogen-bond donors (Lipinski definition) is 0. The molecule has 0 N–H and O–H groups in total. The van der Waals surface area contributed by atoms with Crippen LogP contribution in [0, 0.1) is 6.92 Å². The van der Waals surface area contributed by atoms with Gasteiger partial charge in [0.2, 0.25) is 0 Å². The van der Waals surface area contributed by atoms with Crippen molar-refractivity contribution in [1.29, 1.82) is 0 Å². The molecule has 4 aromatic rings. The van der Waals surface area contributed by atoms with E-state index in [2.05, 4.69) is 20.9 Å². The first-order valence-electron chi connectivity index (χ1n) is 11.1. The Labute approximate surface area is 214 Å². The lowest BCUT2D eigenvalue weighted by molar-refractivity contribution is 0.0786. The topological polar surface area (TPSA) is 75.5 Å². The number of halogens is 1. The molecule has 0 saturated heterocycles. The molecule has 0 aliphatic rings. The Morgan fingerprint density at radius 1 is 1.00 bits per heavy atom. The Hall–Kier alpha value is -3.01. The van der Waals surface area contributed by atoms with Crippen LogP contribution in [0.5, 0.6) is 0 Å². The van der Waals surface area contributed by atoms with Crippen LogP contribution < -0.4 is 0 Å². The molecule has 0 aliphatic heterocycles. The Balaban J connectivity index is 1.74. The van der Waals surface area contributed by atoms with E-state index in [0.717, 1.165) is 22.1 Å². The lowest BCUT2D eigenvalue weighted by atomic mass is 10.0. The summed E-state index contributed by atoms with van der Waals surface area (Å²) in [4.78, 5) is 21.1. The molecule has 0 fully saturated rings. The smallest absolute Gasteiger partial charge is 0.269 e. The molecule has 0 atom stereocenters. The minimum Gasteiger partial charge on any atom is -0.340 e. The number of benzene rings is 2. The van der Waals surface area contributed by atoms with Gasteiger partial charge in [0, 0.05) is 53.5 Å². The molecule has 182 valence electrons. The maximum atomic E-state index is 13.5. The molecular weight excluding hydrogens is 528 g/mol. The van der Waals surface area contributed by atoms with Crippen molar-refractivity contribution >= 4 is 42.9 Å². The highest BCUT2D eigenvalue weighted by molar-refractivity contribution is 9.10. The van der Waals surface area contributed by atoms with Crippen molar-refractivity contribution in [3.05, 3.63) is 82.6 Å². The summed E-state index contributed by atoms with van der Waals surface area (Å²) in [6.45, 7) is 3.31. The lowest BCUT2D eigenvalue weighted by Crippen LogP contribution is -2.33. The molecule has 0 spiro atoms.